The zero-order valence-electron chi connectivity index (χ0n) is 9.03. The van der Waals surface area contributed by atoms with Gasteiger partial charge in [-0.15, -0.1) is 0 Å². The van der Waals surface area contributed by atoms with Crippen LogP contribution in [0.1, 0.15) is 5.69 Å². The van der Waals surface area contributed by atoms with Crippen molar-refractivity contribution in [3.05, 3.63) is 40.7 Å². The Kier molecular flexibility index (Phi) is 3.74. The van der Waals surface area contributed by atoms with Gasteiger partial charge in [0.25, 0.3) is 0 Å². The van der Waals surface area contributed by atoms with Crippen molar-refractivity contribution in [3.63, 3.8) is 0 Å². The first-order valence-electron chi connectivity index (χ1n) is 5.15. The molecule has 2 aromatic rings. The Bertz CT molecular complexity index is 468. The number of hydrogen-bond acceptors (Lipinski definition) is 3. The summed E-state index contributed by atoms with van der Waals surface area (Å²) in [7, 11) is 1.93. The summed E-state index contributed by atoms with van der Waals surface area (Å²) in [5.74, 6) is 0. The summed E-state index contributed by atoms with van der Waals surface area (Å²) in [6.07, 6.45) is 2.56. The molecule has 0 atom stereocenters. The van der Waals surface area contributed by atoms with Crippen LogP contribution in [0.15, 0.2) is 39.5 Å². The van der Waals surface area contributed by atoms with Crippen molar-refractivity contribution in [2.45, 2.75) is 6.42 Å². The molecule has 2 rings (SSSR count). The van der Waals surface area contributed by atoms with Crippen LogP contribution in [-0.4, -0.2) is 18.7 Å². The van der Waals surface area contributed by atoms with Crippen LogP contribution in [0.25, 0.3) is 11.1 Å². The van der Waals surface area contributed by atoms with Crippen LogP contribution in [0.3, 0.4) is 0 Å². The summed E-state index contributed by atoms with van der Waals surface area (Å²) >= 11 is 3.53. The molecule has 0 aliphatic heterocycles. The Hall–Kier alpha value is -1.13. The van der Waals surface area contributed by atoms with Crippen molar-refractivity contribution in [3.8, 4) is 11.1 Å². The van der Waals surface area contributed by atoms with Crippen molar-refractivity contribution in [2.24, 2.45) is 0 Å². The van der Waals surface area contributed by atoms with E-state index in [4.69, 9.17) is 4.52 Å². The maximum absolute atomic E-state index is 5.05. The van der Waals surface area contributed by atoms with Gasteiger partial charge in [-0.25, -0.2) is 0 Å². The zero-order chi connectivity index (χ0) is 11.4. The van der Waals surface area contributed by atoms with Crippen LogP contribution < -0.4 is 5.32 Å². The van der Waals surface area contributed by atoms with Gasteiger partial charge in [-0.3, -0.25) is 0 Å². The lowest BCUT2D eigenvalue weighted by Crippen LogP contribution is -2.10. The monoisotopic (exact) mass is 280 g/mol. The number of rotatable bonds is 4. The molecule has 1 heterocycles. The summed E-state index contributed by atoms with van der Waals surface area (Å²) in [4.78, 5) is 0. The van der Waals surface area contributed by atoms with Gasteiger partial charge in [0.15, 0.2) is 0 Å². The van der Waals surface area contributed by atoms with Crippen LogP contribution in [-0.2, 0) is 6.42 Å². The van der Waals surface area contributed by atoms with Crippen LogP contribution >= 0.6 is 15.9 Å². The molecule has 0 aliphatic rings. The van der Waals surface area contributed by atoms with Gasteiger partial charge in [-0.05, 0) is 13.1 Å². The van der Waals surface area contributed by atoms with Gasteiger partial charge in [0.05, 0.1) is 5.69 Å². The minimum atomic E-state index is 0.865. The van der Waals surface area contributed by atoms with Gasteiger partial charge < -0.3 is 9.84 Å². The lowest BCUT2D eigenvalue weighted by Gasteiger charge is -2.03. The van der Waals surface area contributed by atoms with E-state index in [0.717, 1.165) is 34.3 Å². The highest BCUT2D eigenvalue weighted by atomic mass is 79.9. The predicted molar refractivity (Wildman–Crippen MR) is 67.3 cm³/mol. The molecule has 1 N–H and O–H groups in total. The lowest BCUT2D eigenvalue weighted by molar-refractivity contribution is 0.411. The SMILES string of the molecule is CNCCc1nocc1-c1ccccc1Br. The Morgan fingerprint density at radius 1 is 1.31 bits per heavy atom. The number of benzene rings is 1. The molecule has 0 spiro atoms. The van der Waals surface area contributed by atoms with Gasteiger partial charge in [-0.1, -0.05) is 39.3 Å². The third-order valence-corrected chi connectivity index (χ3v) is 3.11. The van der Waals surface area contributed by atoms with Gasteiger partial charge in [0.1, 0.15) is 6.26 Å². The van der Waals surface area contributed by atoms with E-state index < -0.39 is 0 Å². The first-order valence-corrected chi connectivity index (χ1v) is 5.95. The molecule has 0 unspecified atom stereocenters. The fraction of sp³-hybridized carbons (Fsp3) is 0.250. The third-order valence-electron chi connectivity index (χ3n) is 2.42. The summed E-state index contributed by atoms with van der Waals surface area (Å²) in [6, 6.07) is 8.08. The quantitative estimate of drug-likeness (QED) is 0.936. The zero-order valence-corrected chi connectivity index (χ0v) is 10.6. The van der Waals surface area contributed by atoms with Crippen LogP contribution in [0.2, 0.25) is 0 Å². The summed E-state index contributed by atoms with van der Waals surface area (Å²) in [5, 5.41) is 7.14. The molecule has 1 aromatic heterocycles. The number of nitrogens with zero attached hydrogens (tertiary/aromatic N) is 1. The molecule has 0 amide bonds. The molecular formula is C12H13BrN2O. The predicted octanol–water partition coefficient (Wildman–Crippen LogP) is 2.87. The lowest BCUT2D eigenvalue weighted by atomic mass is 10.1. The van der Waals surface area contributed by atoms with E-state index in [0.29, 0.717) is 0 Å². The van der Waals surface area contributed by atoms with E-state index in [1.807, 2.05) is 25.2 Å². The first-order chi connectivity index (χ1) is 7.83. The summed E-state index contributed by atoms with van der Waals surface area (Å²) < 4.78 is 6.11. The fourth-order valence-corrected chi connectivity index (χ4v) is 2.08. The second kappa shape index (κ2) is 5.27. The molecule has 0 radical (unpaired) electrons. The molecular weight excluding hydrogens is 268 g/mol. The molecule has 1 aromatic carbocycles. The van der Waals surface area contributed by atoms with E-state index in [1.165, 1.54) is 0 Å². The normalized spacial score (nSPS) is 10.6. The van der Waals surface area contributed by atoms with Crippen molar-refractivity contribution in [1.29, 1.82) is 0 Å². The number of halogens is 1. The van der Waals surface area contributed by atoms with Gasteiger partial charge in [0, 0.05) is 28.6 Å². The van der Waals surface area contributed by atoms with Crippen molar-refractivity contribution in [2.75, 3.05) is 13.6 Å². The highest BCUT2D eigenvalue weighted by Crippen LogP contribution is 2.30. The Labute approximate surface area is 103 Å². The first kappa shape index (κ1) is 11.4. The Morgan fingerprint density at radius 3 is 2.88 bits per heavy atom. The molecule has 0 fully saturated rings. The molecule has 84 valence electrons. The van der Waals surface area contributed by atoms with Gasteiger partial charge in [-0.2, -0.15) is 0 Å². The molecule has 0 saturated heterocycles. The fourth-order valence-electron chi connectivity index (χ4n) is 1.58. The highest BCUT2D eigenvalue weighted by molar-refractivity contribution is 9.10. The molecule has 16 heavy (non-hydrogen) atoms. The standard InChI is InChI=1S/C12H13BrN2O/c1-14-7-6-12-10(8-16-15-12)9-4-2-3-5-11(9)13/h2-5,8,14H,6-7H2,1H3. The smallest absolute Gasteiger partial charge is 0.131 e. The molecule has 3 nitrogen and oxygen atoms in total. The maximum Gasteiger partial charge on any atom is 0.131 e. The Balaban J connectivity index is 2.33. The molecule has 0 bridgehead atoms. The average molecular weight is 281 g/mol. The van der Waals surface area contributed by atoms with Crippen LogP contribution in [0, 0.1) is 0 Å². The van der Waals surface area contributed by atoms with Gasteiger partial charge in [0.2, 0.25) is 0 Å². The van der Waals surface area contributed by atoms with Gasteiger partial charge >= 0.3 is 0 Å². The van der Waals surface area contributed by atoms with Crippen LogP contribution in [0.5, 0.6) is 0 Å². The second-order valence-electron chi connectivity index (χ2n) is 3.51. The van der Waals surface area contributed by atoms with E-state index in [9.17, 15) is 0 Å². The third kappa shape index (κ3) is 2.33. The summed E-state index contributed by atoms with van der Waals surface area (Å²) in [5.41, 5.74) is 3.17. The largest absolute Gasteiger partial charge is 0.364 e. The number of hydrogen-bond donors (Lipinski definition) is 1. The van der Waals surface area contributed by atoms with Crippen molar-refractivity contribution < 1.29 is 4.52 Å². The minimum absolute atomic E-state index is 0.865. The van der Waals surface area contributed by atoms with E-state index >= 15 is 0 Å². The van der Waals surface area contributed by atoms with Crippen LogP contribution in [0.4, 0.5) is 0 Å². The molecule has 0 aliphatic carbocycles. The van der Waals surface area contributed by atoms with E-state index in [2.05, 4.69) is 32.5 Å². The average Bonchev–Trinajstić information content (AvgIpc) is 2.75. The van der Waals surface area contributed by atoms with E-state index in [1.54, 1.807) is 6.26 Å². The van der Waals surface area contributed by atoms with Crippen molar-refractivity contribution >= 4 is 15.9 Å². The number of likely N-dealkylation sites (N-methyl/N-ethyl adjacent to an activating group) is 1. The topological polar surface area (TPSA) is 38.1 Å². The highest BCUT2D eigenvalue weighted by Gasteiger charge is 2.11. The number of aromatic nitrogens is 1. The number of nitrogens with one attached hydrogen (secondary N) is 1. The van der Waals surface area contributed by atoms with Crippen molar-refractivity contribution in [1.82, 2.24) is 10.5 Å². The Morgan fingerprint density at radius 2 is 2.12 bits per heavy atom. The molecule has 0 saturated carbocycles. The molecule has 4 heteroatoms. The maximum atomic E-state index is 5.05. The minimum Gasteiger partial charge on any atom is -0.364 e. The summed E-state index contributed by atoms with van der Waals surface area (Å²) in [6.45, 7) is 0.893. The van der Waals surface area contributed by atoms with E-state index in [-0.39, 0.29) is 0 Å². The second-order valence-corrected chi connectivity index (χ2v) is 4.36.